The molecule has 0 aliphatic carbocycles. The van der Waals surface area contributed by atoms with E-state index in [1.54, 1.807) is 4.57 Å². The number of halogens is 2. The third kappa shape index (κ3) is 1.66. The van der Waals surface area contributed by atoms with E-state index in [-0.39, 0.29) is 33.8 Å². The van der Waals surface area contributed by atoms with Crippen molar-refractivity contribution in [2.75, 3.05) is 6.61 Å². The van der Waals surface area contributed by atoms with Gasteiger partial charge in [0.15, 0.2) is 5.75 Å². The van der Waals surface area contributed by atoms with Gasteiger partial charge in [-0.3, -0.25) is 4.79 Å². The van der Waals surface area contributed by atoms with Crippen LogP contribution in [0, 0.1) is 5.82 Å². The Balaban J connectivity index is 2.57. The van der Waals surface area contributed by atoms with Crippen molar-refractivity contribution < 1.29 is 19.0 Å². The van der Waals surface area contributed by atoms with E-state index in [4.69, 9.17) is 9.84 Å². The molecule has 1 aliphatic heterocycles. The molecular formula is C13H9BrFNO4. The van der Waals surface area contributed by atoms with Gasteiger partial charge in [-0.25, -0.2) is 9.18 Å². The van der Waals surface area contributed by atoms with Gasteiger partial charge in [0.05, 0.1) is 21.4 Å². The Morgan fingerprint density at radius 3 is 2.95 bits per heavy atom. The monoisotopic (exact) mass is 341 g/mol. The first-order chi connectivity index (χ1) is 9.41. The average Bonchev–Trinajstić information content (AvgIpc) is 2.39. The molecule has 0 amide bonds. The third-order valence-corrected chi connectivity index (χ3v) is 4.08. The highest BCUT2D eigenvalue weighted by atomic mass is 79.9. The minimum absolute atomic E-state index is 0.00662. The van der Waals surface area contributed by atoms with E-state index >= 15 is 0 Å². The smallest absolute Gasteiger partial charge is 0.341 e. The number of benzene rings is 1. The van der Waals surface area contributed by atoms with Gasteiger partial charge in [-0.2, -0.15) is 0 Å². The summed E-state index contributed by atoms with van der Waals surface area (Å²) in [5.74, 6) is -1.76. The zero-order valence-corrected chi connectivity index (χ0v) is 11.9. The van der Waals surface area contributed by atoms with E-state index in [1.807, 2.05) is 6.92 Å². The lowest BCUT2D eigenvalue weighted by atomic mass is 10.1. The Morgan fingerprint density at radius 1 is 1.60 bits per heavy atom. The van der Waals surface area contributed by atoms with Crippen LogP contribution >= 0.6 is 15.9 Å². The summed E-state index contributed by atoms with van der Waals surface area (Å²) in [4.78, 5) is 23.3. The van der Waals surface area contributed by atoms with E-state index in [1.165, 1.54) is 6.20 Å². The number of aromatic nitrogens is 1. The molecule has 1 aliphatic rings. The number of carboxylic acids is 1. The van der Waals surface area contributed by atoms with E-state index in [9.17, 15) is 14.0 Å². The largest absolute Gasteiger partial charge is 0.488 e. The first-order valence-electron chi connectivity index (χ1n) is 5.84. The van der Waals surface area contributed by atoms with Gasteiger partial charge < -0.3 is 14.4 Å². The number of rotatable bonds is 1. The van der Waals surface area contributed by atoms with Crippen LogP contribution < -0.4 is 10.2 Å². The Hall–Kier alpha value is -1.89. The summed E-state index contributed by atoms with van der Waals surface area (Å²) >= 11 is 3.09. The molecule has 0 fully saturated rings. The normalized spacial score (nSPS) is 17.1. The molecule has 104 valence electrons. The zero-order valence-electron chi connectivity index (χ0n) is 10.3. The minimum atomic E-state index is -1.33. The lowest BCUT2D eigenvalue weighted by Gasteiger charge is -2.27. The van der Waals surface area contributed by atoms with Crippen LogP contribution in [0.15, 0.2) is 21.5 Å². The van der Waals surface area contributed by atoms with Gasteiger partial charge in [0.2, 0.25) is 5.43 Å². The molecule has 5 nitrogen and oxygen atoms in total. The van der Waals surface area contributed by atoms with Gasteiger partial charge in [0.1, 0.15) is 18.0 Å². The maximum absolute atomic E-state index is 13.8. The fourth-order valence-corrected chi connectivity index (χ4v) is 2.76. The highest BCUT2D eigenvalue weighted by Gasteiger charge is 2.26. The molecule has 2 aromatic rings. The first kappa shape index (κ1) is 13.1. The average molecular weight is 342 g/mol. The fraction of sp³-hybridized carbons (Fsp3) is 0.231. The summed E-state index contributed by atoms with van der Waals surface area (Å²) in [6.07, 6.45) is 1.29. The first-order valence-corrected chi connectivity index (χ1v) is 6.64. The van der Waals surface area contributed by atoms with Crippen molar-refractivity contribution in [2.24, 2.45) is 0 Å². The maximum Gasteiger partial charge on any atom is 0.341 e. The molecule has 0 bridgehead atoms. The minimum Gasteiger partial charge on any atom is -0.488 e. The predicted molar refractivity (Wildman–Crippen MR) is 73.0 cm³/mol. The van der Waals surface area contributed by atoms with Crippen molar-refractivity contribution in [2.45, 2.75) is 13.0 Å². The van der Waals surface area contributed by atoms with Gasteiger partial charge >= 0.3 is 5.97 Å². The number of hydrogen-bond acceptors (Lipinski definition) is 3. The third-order valence-electron chi connectivity index (χ3n) is 3.34. The Bertz CT molecular complexity index is 814. The topological polar surface area (TPSA) is 68.5 Å². The molecule has 2 heterocycles. The van der Waals surface area contributed by atoms with Crippen LogP contribution in [0.5, 0.6) is 5.75 Å². The quantitative estimate of drug-likeness (QED) is 0.865. The zero-order chi connectivity index (χ0) is 14.6. The van der Waals surface area contributed by atoms with Crippen molar-refractivity contribution >= 4 is 32.8 Å². The summed E-state index contributed by atoms with van der Waals surface area (Å²) in [6, 6.07) is 0.885. The molecule has 1 N–H and O–H groups in total. The van der Waals surface area contributed by atoms with Gasteiger partial charge in [-0.05, 0) is 28.9 Å². The van der Waals surface area contributed by atoms with Crippen molar-refractivity contribution in [3.8, 4) is 5.75 Å². The van der Waals surface area contributed by atoms with Crippen molar-refractivity contribution in [3.63, 3.8) is 0 Å². The molecule has 20 heavy (non-hydrogen) atoms. The predicted octanol–water partition coefficient (Wildman–Crippen LogP) is 2.55. The summed E-state index contributed by atoms with van der Waals surface area (Å²) in [6.45, 7) is 2.10. The van der Waals surface area contributed by atoms with Crippen LogP contribution in [0.25, 0.3) is 10.9 Å². The van der Waals surface area contributed by atoms with Crippen LogP contribution in [-0.4, -0.2) is 22.2 Å². The van der Waals surface area contributed by atoms with Gasteiger partial charge in [0, 0.05) is 6.20 Å². The molecule has 7 heteroatoms. The van der Waals surface area contributed by atoms with E-state index in [0.29, 0.717) is 5.52 Å². The summed E-state index contributed by atoms with van der Waals surface area (Å²) < 4.78 is 21.1. The van der Waals surface area contributed by atoms with Crippen LogP contribution in [-0.2, 0) is 0 Å². The van der Waals surface area contributed by atoms with Gasteiger partial charge in [-0.1, -0.05) is 0 Å². The summed E-state index contributed by atoms with van der Waals surface area (Å²) in [5.41, 5.74) is -0.681. The number of pyridine rings is 1. The number of carbonyl (C=O) groups is 1. The van der Waals surface area contributed by atoms with E-state index in [0.717, 1.165) is 6.07 Å². The molecule has 1 aromatic carbocycles. The number of carboxylic acid groups (broad SMARTS) is 1. The number of aromatic carboxylic acids is 1. The number of ether oxygens (including phenoxy) is 1. The number of nitrogens with zero attached hydrogens (tertiary/aromatic N) is 1. The van der Waals surface area contributed by atoms with Crippen molar-refractivity contribution in [1.82, 2.24) is 4.57 Å². The van der Waals surface area contributed by atoms with E-state index in [2.05, 4.69) is 15.9 Å². The van der Waals surface area contributed by atoms with E-state index < -0.39 is 17.2 Å². The summed E-state index contributed by atoms with van der Waals surface area (Å²) in [7, 11) is 0. The molecule has 1 unspecified atom stereocenters. The molecule has 0 spiro atoms. The molecule has 1 atom stereocenters. The molecular weight excluding hydrogens is 333 g/mol. The Morgan fingerprint density at radius 2 is 2.30 bits per heavy atom. The maximum atomic E-state index is 13.8. The fourth-order valence-electron chi connectivity index (χ4n) is 2.35. The lowest BCUT2D eigenvalue weighted by Crippen LogP contribution is -2.26. The highest BCUT2D eigenvalue weighted by Crippen LogP contribution is 2.39. The van der Waals surface area contributed by atoms with Crippen molar-refractivity contribution in [3.05, 3.63) is 38.3 Å². The second kappa shape index (κ2) is 4.31. The van der Waals surface area contributed by atoms with Crippen molar-refractivity contribution in [1.29, 1.82) is 0 Å². The molecule has 0 saturated carbocycles. The second-order valence-electron chi connectivity index (χ2n) is 4.64. The molecule has 0 radical (unpaired) electrons. The SMILES string of the molecule is CC1COc2c(Br)c(F)cc3c(=O)c(C(=O)O)cn1c23. The van der Waals surface area contributed by atoms with Gasteiger partial charge in [0.25, 0.3) is 0 Å². The standard InChI is InChI=1S/C13H9BrFNO4/c1-5-4-20-12-9(14)8(15)2-6-10(12)16(5)3-7(11(6)17)13(18)19/h2-3,5H,4H2,1H3,(H,18,19). The van der Waals surface area contributed by atoms with Crippen LogP contribution in [0.1, 0.15) is 23.3 Å². The molecule has 3 rings (SSSR count). The lowest BCUT2D eigenvalue weighted by molar-refractivity contribution is 0.0694. The van der Waals surface area contributed by atoms with Crippen LogP contribution in [0.4, 0.5) is 4.39 Å². The highest BCUT2D eigenvalue weighted by molar-refractivity contribution is 9.10. The van der Waals surface area contributed by atoms with Gasteiger partial charge in [-0.15, -0.1) is 0 Å². The molecule has 0 saturated heterocycles. The molecule has 1 aromatic heterocycles. The number of hydrogen-bond donors (Lipinski definition) is 1. The second-order valence-corrected chi connectivity index (χ2v) is 5.44. The van der Waals surface area contributed by atoms with Crippen LogP contribution in [0.3, 0.4) is 0 Å². The summed E-state index contributed by atoms with van der Waals surface area (Å²) in [5, 5.41) is 9.10. The Labute approximate surface area is 120 Å². The van der Waals surface area contributed by atoms with Crippen LogP contribution in [0.2, 0.25) is 0 Å². The Kier molecular flexibility index (Phi) is 2.82.